The molecule has 2 unspecified atom stereocenters. The molecule has 2 atom stereocenters. The van der Waals surface area contributed by atoms with E-state index in [1.807, 2.05) is 22.4 Å². The molecular weight excluding hydrogens is 286 g/mol. The summed E-state index contributed by atoms with van der Waals surface area (Å²) in [6.07, 6.45) is 5.15. The molecule has 0 aliphatic carbocycles. The highest BCUT2D eigenvalue weighted by atomic mass is 35.5. The third-order valence-corrected chi connectivity index (χ3v) is 4.63. The summed E-state index contributed by atoms with van der Waals surface area (Å²) in [4.78, 5) is 19.5. The zero-order valence-electron chi connectivity index (χ0n) is 12.6. The van der Waals surface area contributed by atoms with Crippen molar-refractivity contribution in [3.63, 3.8) is 0 Å². The second kappa shape index (κ2) is 5.34. The van der Waals surface area contributed by atoms with E-state index in [9.17, 15) is 4.79 Å². The van der Waals surface area contributed by atoms with E-state index in [0.29, 0.717) is 10.7 Å². The number of likely N-dealkylation sites (tertiary alicyclic amines) is 1. The van der Waals surface area contributed by atoms with E-state index in [1.54, 1.807) is 12.1 Å². The maximum absolute atomic E-state index is 13.0. The Morgan fingerprint density at radius 1 is 1.33 bits per heavy atom. The van der Waals surface area contributed by atoms with Crippen molar-refractivity contribution >= 4 is 23.2 Å². The lowest BCUT2D eigenvalue weighted by Gasteiger charge is -2.39. The minimum absolute atomic E-state index is 0.0713. The van der Waals surface area contributed by atoms with Crippen molar-refractivity contribution in [3.8, 4) is 0 Å². The summed E-state index contributed by atoms with van der Waals surface area (Å²) < 4.78 is 1.84. The molecule has 21 heavy (non-hydrogen) atoms. The molecule has 0 N–H and O–H groups in total. The summed E-state index contributed by atoms with van der Waals surface area (Å²) >= 11 is 6.01. The minimum Gasteiger partial charge on any atom is -0.332 e. The summed E-state index contributed by atoms with van der Waals surface area (Å²) in [5, 5.41) is 0.631. The number of nitrogens with zero attached hydrogens (tertiary/aromatic N) is 3. The van der Waals surface area contributed by atoms with Gasteiger partial charge in [0.1, 0.15) is 11.3 Å². The maximum Gasteiger partial charge on any atom is 0.273 e. The Hall–Kier alpha value is -1.55. The standard InChI is InChI=1S/C16H20ClN3O/c1-10-5-4-6-11(2)20(10)16(21)15-12(3)18-14-9-13(17)7-8-19(14)15/h7-11H,4-6H2,1-3H3. The number of amides is 1. The fourth-order valence-electron chi connectivity index (χ4n) is 3.34. The zero-order chi connectivity index (χ0) is 15.1. The van der Waals surface area contributed by atoms with Crippen LogP contribution in [0.1, 0.15) is 49.3 Å². The molecule has 1 saturated heterocycles. The number of carbonyl (C=O) groups is 1. The zero-order valence-corrected chi connectivity index (χ0v) is 13.4. The summed E-state index contributed by atoms with van der Waals surface area (Å²) in [5.41, 5.74) is 2.13. The van der Waals surface area contributed by atoms with E-state index >= 15 is 0 Å². The van der Waals surface area contributed by atoms with E-state index in [2.05, 4.69) is 18.8 Å². The summed E-state index contributed by atoms with van der Waals surface area (Å²) in [6.45, 7) is 6.14. The molecule has 0 aromatic carbocycles. The van der Waals surface area contributed by atoms with E-state index in [1.165, 1.54) is 6.42 Å². The van der Waals surface area contributed by atoms with Gasteiger partial charge >= 0.3 is 0 Å². The molecule has 0 spiro atoms. The van der Waals surface area contributed by atoms with Crippen molar-refractivity contribution in [1.82, 2.24) is 14.3 Å². The number of hydrogen-bond acceptors (Lipinski definition) is 2. The molecule has 5 heteroatoms. The third-order valence-electron chi connectivity index (χ3n) is 4.39. The summed E-state index contributed by atoms with van der Waals surface area (Å²) in [7, 11) is 0. The molecule has 0 radical (unpaired) electrons. The first kappa shape index (κ1) is 14.4. The Morgan fingerprint density at radius 3 is 2.67 bits per heavy atom. The normalized spacial score (nSPS) is 22.8. The van der Waals surface area contributed by atoms with Crippen LogP contribution in [0.25, 0.3) is 5.65 Å². The van der Waals surface area contributed by atoms with Crippen molar-refractivity contribution < 1.29 is 4.79 Å². The largest absolute Gasteiger partial charge is 0.332 e. The molecule has 112 valence electrons. The number of fused-ring (bicyclic) bond motifs is 1. The number of imidazole rings is 1. The number of carbonyl (C=O) groups excluding carboxylic acids is 1. The Balaban J connectivity index is 2.07. The monoisotopic (exact) mass is 305 g/mol. The Labute approximate surface area is 129 Å². The van der Waals surface area contributed by atoms with Gasteiger partial charge in [0.15, 0.2) is 0 Å². The van der Waals surface area contributed by atoms with Crippen LogP contribution in [0.5, 0.6) is 0 Å². The number of aromatic nitrogens is 2. The average molecular weight is 306 g/mol. The number of halogens is 1. The predicted octanol–water partition coefficient (Wildman–Crippen LogP) is 3.70. The predicted molar refractivity (Wildman–Crippen MR) is 83.9 cm³/mol. The molecule has 3 rings (SSSR count). The van der Waals surface area contributed by atoms with Crippen molar-refractivity contribution in [2.45, 2.75) is 52.1 Å². The van der Waals surface area contributed by atoms with Crippen molar-refractivity contribution in [2.24, 2.45) is 0 Å². The lowest BCUT2D eigenvalue weighted by Crippen LogP contribution is -2.48. The van der Waals surface area contributed by atoms with Gasteiger partial charge in [0, 0.05) is 29.4 Å². The van der Waals surface area contributed by atoms with Gasteiger partial charge in [0.2, 0.25) is 0 Å². The van der Waals surface area contributed by atoms with Crippen LogP contribution in [0.4, 0.5) is 0 Å². The second-order valence-corrected chi connectivity index (χ2v) is 6.40. The van der Waals surface area contributed by atoms with Gasteiger partial charge in [-0.2, -0.15) is 0 Å². The lowest BCUT2D eigenvalue weighted by atomic mass is 9.97. The van der Waals surface area contributed by atoms with Crippen LogP contribution >= 0.6 is 11.6 Å². The van der Waals surface area contributed by atoms with Gasteiger partial charge in [-0.25, -0.2) is 4.98 Å². The first-order chi connectivity index (χ1) is 9.99. The number of hydrogen-bond donors (Lipinski definition) is 0. The highest BCUT2D eigenvalue weighted by Crippen LogP contribution is 2.26. The average Bonchev–Trinajstić information content (AvgIpc) is 2.73. The fraction of sp³-hybridized carbons (Fsp3) is 0.500. The fourth-order valence-corrected chi connectivity index (χ4v) is 3.49. The topological polar surface area (TPSA) is 37.6 Å². The van der Waals surface area contributed by atoms with Crippen LogP contribution in [-0.4, -0.2) is 32.3 Å². The number of piperidine rings is 1. The van der Waals surface area contributed by atoms with Crippen LogP contribution in [0.3, 0.4) is 0 Å². The van der Waals surface area contributed by atoms with Crippen LogP contribution in [-0.2, 0) is 0 Å². The van der Waals surface area contributed by atoms with Gasteiger partial charge in [-0.15, -0.1) is 0 Å². The molecule has 2 aromatic heterocycles. The molecule has 3 heterocycles. The van der Waals surface area contributed by atoms with Gasteiger partial charge in [0.05, 0.1) is 5.69 Å². The molecule has 4 nitrogen and oxygen atoms in total. The van der Waals surface area contributed by atoms with E-state index in [0.717, 1.165) is 24.2 Å². The molecule has 2 aromatic rings. The van der Waals surface area contributed by atoms with Crippen LogP contribution < -0.4 is 0 Å². The Morgan fingerprint density at radius 2 is 2.00 bits per heavy atom. The van der Waals surface area contributed by atoms with E-state index in [-0.39, 0.29) is 18.0 Å². The highest BCUT2D eigenvalue weighted by Gasteiger charge is 2.32. The molecule has 1 aliphatic rings. The first-order valence-electron chi connectivity index (χ1n) is 7.46. The highest BCUT2D eigenvalue weighted by molar-refractivity contribution is 6.30. The SMILES string of the molecule is Cc1nc2cc(Cl)ccn2c1C(=O)N1C(C)CCCC1C. The van der Waals surface area contributed by atoms with Gasteiger partial charge < -0.3 is 4.90 Å². The van der Waals surface area contributed by atoms with Gasteiger partial charge in [-0.1, -0.05) is 11.6 Å². The van der Waals surface area contributed by atoms with Crippen molar-refractivity contribution in [3.05, 3.63) is 34.7 Å². The van der Waals surface area contributed by atoms with Gasteiger partial charge in [-0.05, 0) is 46.1 Å². The quantitative estimate of drug-likeness (QED) is 0.805. The second-order valence-electron chi connectivity index (χ2n) is 5.96. The minimum atomic E-state index is 0.0713. The third kappa shape index (κ3) is 2.42. The van der Waals surface area contributed by atoms with E-state index in [4.69, 9.17) is 11.6 Å². The van der Waals surface area contributed by atoms with Crippen LogP contribution in [0.15, 0.2) is 18.3 Å². The molecule has 0 bridgehead atoms. The lowest BCUT2D eigenvalue weighted by molar-refractivity contribution is 0.0502. The molecule has 0 saturated carbocycles. The van der Waals surface area contributed by atoms with E-state index < -0.39 is 0 Å². The van der Waals surface area contributed by atoms with Crippen molar-refractivity contribution in [2.75, 3.05) is 0 Å². The Bertz CT molecular complexity index is 684. The first-order valence-corrected chi connectivity index (χ1v) is 7.83. The smallest absolute Gasteiger partial charge is 0.273 e. The van der Waals surface area contributed by atoms with Gasteiger partial charge in [0.25, 0.3) is 5.91 Å². The summed E-state index contributed by atoms with van der Waals surface area (Å²) in [5.74, 6) is 0.0713. The van der Waals surface area contributed by atoms with Gasteiger partial charge in [-0.3, -0.25) is 9.20 Å². The molecular formula is C16H20ClN3O. The van der Waals surface area contributed by atoms with Crippen molar-refractivity contribution in [1.29, 1.82) is 0 Å². The number of rotatable bonds is 1. The maximum atomic E-state index is 13.0. The summed E-state index contributed by atoms with van der Waals surface area (Å²) in [6, 6.07) is 4.13. The number of pyridine rings is 1. The molecule has 1 aliphatic heterocycles. The van der Waals surface area contributed by atoms with Crippen LogP contribution in [0, 0.1) is 6.92 Å². The number of aryl methyl sites for hydroxylation is 1. The Kier molecular flexibility index (Phi) is 3.66. The van der Waals surface area contributed by atoms with Crippen LogP contribution in [0.2, 0.25) is 5.02 Å². The molecule has 1 amide bonds. The molecule has 1 fully saturated rings.